The van der Waals surface area contributed by atoms with Gasteiger partial charge in [-0.1, -0.05) is 33.6 Å². The van der Waals surface area contributed by atoms with Crippen molar-refractivity contribution in [3.05, 3.63) is 0 Å². The molecule has 0 spiro atoms. The van der Waals surface area contributed by atoms with Crippen molar-refractivity contribution in [2.45, 2.75) is 46.5 Å². The highest BCUT2D eigenvalue weighted by Gasteiger charge is 2.20. The zero-order chi connectivity index (χ0) is 13.4. The molecular formula is C15H33N3. The average Bonchev–Trinajstić information content (AvgIpc) is 2.29. The maximum absolute atomic E-state index is 5.50. The molecular weight excluding hydrogens is 222 g/mol. The molecule has 1 aliphatic heterocycles. The lowest BCUT2D eigenvalue weighted by Crippen LogP contribution is -2.48. The quantitative estimate of drug-likeness (QED) is 0.708. The van der Waals surface area contributed by atoms with Crippen LogP contribution in [-0.4, -0.2) is 55.6 Å². The molecule has 0 aromatic rings. The summed E-state index contributed by atoms with van der Waals surface area (Å²) in [5.74, 6) is 0. The standard InChI is InChI=1S/C15H33N3/c1-15(2,3)14-18-12-10-17(11-13-18)9-7-5-4-6-8-16/h4-14,16H2,1-3H3. The highest BCUT2D eigenvalue weighted by Crippen LogP contribution is 2.16. The molecule has 1 heterocycles. The second kappa shape index (κ2) is 8.13. The molecule has 108 valence electrons. The minimum Gasteiger partial charge on any atom is -0.330 e. The van der Waals surface area contributed by atoms with Crippen LogP contribution >= 0.6 is 0 Å². The Hall–Kier alpha value is -0.120. The van der Waals surface area contributed by atoms with Gasteiger partial charge in [0, 0.05) is 32.7 Å². The van der Waals surface area contributed by atoms with Crippen LogP contribution in [-0.2, 0) is 0 Å². The maximum Gasteiger partial charge on any atom is 0.0110 e. The fourth-order valence-electron chi connectivity index (χ4n) is 2.68. The predicted octanol–water partition coefficient (Wildman–Crippen LogP) is 2.17. The Morgan fingerprint density at radius 3 is 1.94 bits per heavy atom. The number of unbranched alkanes of at least 4 members (excludes halogenated alkanes) is 3. The van der Waals surface area contributed by atoms with Crippen LogP contribution in [0.1, 0.15) is 46.5 Å². The van der Waals surface area contributed by atoms with Gasteiger partial charge in [0.25, 0.3) is 0 Å². The zero-order valence-electron chi connectivity index (χ0n) is 12.7. The van der Waals surface area contributed by atoms with Crippen LogP contribution in [0.15, 0.2) is 0 Å². The minimum atomic E-state index is 0.435. The zero-order valence-corrected chi connectivity index (χ0v) is 12.7. The molecule has 2 N–H and O–H groups in total. The molecule has 3 heteroatoms. The first-order chi connectivity index (χ1) is 8.51. The van der Waals surface area contributed by atoms with Crippen molar-refractivity contribution in [3.8, 4) is 0 Å². The molecule has 0 radical (unpaired) electrons. The molecule has 1 saturated heterocycles. The Morgan fingerprint density at radius 1 is 0.833 bits per heavy atom. The minimum absolute atomic E-state index is 0.435. The topological polar surface area (TPSA) is 32.5 Å². The van der Waals surface area contributed by atoms with E-state index in [1.54, 1.807) is 0 Å². The van der Waals surface area contributed by atoms with Gasteiger partial charge in [0.1, 0.15) is 0 Å². The summed E-state index contributed by atoms with van der Waals surface area (Å²) < 4.78 is 0. The average molecular weight is 255 g/mol. The van der Waals surface area contributed by atoms with Crippen molar-refractivity contribution in [2.24, 2.45) is 11.1 Å². The van der Waals surface area contributed by atoms with Crippen LogP contribution in [0.4, 0.5) is 0 Å². The fraction of sp³-hybridized carbons (Fsp3) is 1.00. The van der Waals surface area contributed by atoms with Crippen LogP contribution in [0.3, 0.4) is 0 Å². The number of hydrogen-bond acceptors (Lipinski definition) is 3. The van der Waals surface area contributed by atoms with E-state index in [0.29, 0.717) is 5.41 Å². The first kappa shape index (κ1) is 15.9. The third-order valence-electron chi connectivity index (χ3n) is 3.59. The van der Waals surface area contributed by atoms with E-state index in [4.69, 9.17) is 5.73 Å². The molecule has 0 atom stereocenters. The third kappa shape index (κ3) is 7.34. The molecule has 0 saturated carbocycles. The van der Waals surface area contributed by atoms with Crippen LogP contribution in [0.25, 0.3) is 0 Å². The van der Waals surface area contributed by atoms with E-state index in [0.717, 1.165) is 6.54 Å². The molecule has 18 heavy (non-hydrogen) atoms. The van der Waals surface area contributed by atoms with Gasteiger partial charge in [-0.3, -0.25) is 0 Å². The first-order valence-electron chi connectivity index (χ1n) is 7.66. The normalized spacial score (nSPS) is 19.3. The summed E-state index contributed by atoms with van der Waals surface area (Å²) in [5.41, 5.74) is 5.94. The Morgan fingerprint density at radius 2 is 1.39 bits per heavy atom. The predicted molar refractivity (Wildman–Crippen MR) is 79.9 cm³/mol. The lowest BCUT2D eigenvalue weighted by atomic mass is 9.96. The van der Waals surface area contributed by atoms with Crippen molar-refractivity contribution in [1.82, 2.24) is 9.80 Å². The molecule has 1 fully saturated rings. The van der Waals surface area contributed by atoms with Crippen molar-refractivity contribution in [2.75, 3.05) is 45.8 Å². The SMILES string of the molecule is CC(C)(C)CN1CCN(CCCCCCN)CC1. The lowest BCUT2D eigenvalue weighted by Gasteiger charge is -2.37. The molecule has 0 aromatic carbocycles. The van der Waals surface area contributed by atoms with Gasteiger partial charge >= 0.3 is 0 Å². The van der Waals surface area contributed by atoms with Gasteiger partial charge in [-0.05, 0) is 31.3 Å². The lowest BCUT2D eigenvalue weighted by molar-refractivity contribution is 0.101. The summed E-state index contributed by atoms with van der Waals surface area (Å²) in [7, 11) is 0. The second-order valence-corrected chi connectivity index (χ2v) is 6.88. The summed E-state index contributed by atoms with van der Waals surface area (Å²) in [6, 6.07) is 0. The molecule has 0 unspecified atom stereocenters. The van der Waals surface area contributed by atoms with Crippen LogP contribution in [0.5, 0.6) is 0 Å². The van der Waals surface area contributed by atoms with Gasteiger partial charge in [-0.25, -0.2) is 0 Å². The Balaban J connectivity index is 2.05. The Kier molecular flexibility index (Phi) is 7.20. The second-order valence-electron chi connectivity index (χ2n) is 6.88. The van der Waals surface area contributed by atoms with Crippen LogP contribution in [0, 0.1) is 5.41 Å². The molecule has 0 aliphatic carbocycles. The van der Waals surface area contributed by atoms with Crippen molar-refractivity contribution < 1.29 is 0 Å². The summed E-state index contributed by atoms with van der Waals surface area (Å²) in [6.45, 7) is 15.4. The van der Waals surface area contributed by atoms with E-state index in [1.165, 1.54) is 65.0 Å². The van der Waals surface area contributed by atoms with Crippen molar-refractivity contribution in [3.63, 3.8) is 0 Å². The van der Waals surface area contributed by atoms with E-state index < -0.39 is 0 Å². The number of piperazine rings is 1. The molecule has 0 amide bonds. The van der Waals surface area contributed by atoms with Gasteiger partial charge < -0.3 is 15.5 Å². The van der Waals surface area contributed by atoms with E-state index in [9.17, 15) is 0 Å². The van der Waals surface area contributed by atoms with Gasteiger partial charge in [-0.2, -0.15) is 0 Å². The smallest absolute Gasteiger partial charge is 0.0110 e. The molecule has 1 rings (SSSR count). The van der Waals surface area contributed by atoms with E-state index in [2.05, 4.69) is 30.6 Å². The van der Waals surface area contributed by atoms with Gasteiger partial charge in [0.2, 0.25) is 0 Å². The van der Waals surface area contributed by atoms with Gasteiger partial charge in [0.05, 0.1) is 0 Å². The van der Waals surface area contributed by atoms with Gasteiger partial charge in [-0.15, -0.1) is 0 Å². The maximum atomic E-state index is 5.50. The number of nitrogens with zero attached hydrogens (tertiary/aromatic N) is 2. The third-order valence-corrected chi connectivity index (χ3v) is 3.59. The van der Waals surface area contributed by atoms with E-state index in [-0.39, 0.29) is 0 Å². The van der Waals surface area contributed by atoms with E-state index >= 15 is 0 Å². The van der Waals surface area contributed by atoms with Crippen LogP contribution < -0.4 is 5.73 Å². The number of hydrogen-bond donors (Lipinski definition) is 1. The fourth-order valence-corrected chi connectivity index (χ4v) is 2.68. The summed E-state index contributed by atoms with van der Waals surface area (Å²) in [5, 5.41) is 0. The Labute approximate surface area is 114 Å². The Bertz CT molecular complexity index is 202. The molecule has 3 nitrogen and oxygen atoms in total. The summed E-state index contributed by atoms with van der Waals surface area (Å²) in [4.78, 5) is 5.24. The molecule has 0 bridgehead atoms. The molecule has 0 aromatic heterocycles. The summed E-state index contributed by atoms with van der Waals surface area (Å²) in [6.07, 6.45) is 5.19. The van der Waals surface area contributed by atoms with Crippen LogP contribution in [0.2, 0.25) is 0 Å². The number of rotatable bonds is 7. The number of nitrogens with two attached hydrogens (primary N) is 1. The summed E-state index contributed by atoms with van der Waals surface area (Å²) >= 11 is 0. The molecule has 1 aliphatic rings. The monoisotopic (exact) mass is 255 g/mol. The van der Waals surface area contributed by atoms with Crippen molar-refractivity contribution in [1.29, 1.82) is 0 Å². The van der Waals surface area contributed by atoms with Gasteiger partial charge in [0.15, 0.2) is 0 Å². The highest BCUT2D eigenvalue weighted by molar-refractivity contribution is 4.76. The largest absolute Gasteiger partial charge is 0.330 e. The first-order valence-corrected chi connectivity index (χ1v) is 7.66. The van der Waals surface area contributed by atoms with Crippen molar-refractivity contribution >= 4 is 0 Å². The van der Waals surface area contributed by atoms with E-state index in [1.807, 2.05) is 0 Å². The highest BCUT2D eigenvalue weighted by atomic mass is 15.3.